The minimum Gasteiger partial charge on any atom is -0.322 e. The SMILES string of the molecule is C/C(=N/NC(=O)CN(c1cc(C)cc(C)c1)S(C)(=O)=O)c1ccc(NC(=O)c2ccccc2)cc1. The van der Waals surface area contributed by atoms with E-state index in [0.717, 1.165) is 27.3 Å². The summed E-state index contributed by atoms with van der Waals surface area (Å²) in [5, 5.41) is 6.93. The number of amides is 2. The van der Waals surface area contributed by atoms with Crippen LogP contribution in [0.1, 0.15) is 34.0 Å². The monoisotopic (exact) mass is 492 g/mol. The Bertz CT molecular complexity index is 1330. The maximum atomic E-state index is 12.5. The second kappa shape index (κ2) is 11.0. The van der Waals surface area contributed by atoms with Gasteiger partial charge < -0.3 is 5.32 Å². The van der Waals surface area contributed by atoms with Crippen molar-refractivity contribution in [2.45, 2.75) is 20.8 Å². The average molecular weight is 493 g/mol. The van der Waals surface area contributed by atoms with Crippen LogP contribution in [0.2, 0.25) is 0 Å². The Morgan fingerprint density at radius 3 is 2.06 bits per heavy atom. The van der Waals surface area contributed by atoms with E-state index in [2.05, 4.69) is 15.8 Å². The fourth-order valence-electron chi connectivity index (χ4n) is 3.46. The zero-order valence-electron chi connectivity index (χ0n) is 20.1. The highest BCUT2D eigenvalue weighted by Crippen LogP contribution is 2.21. The topological polar surface area (TPSA) is 108 Å². The van der Waals surface area contributed by atoms with Gasteiger partial charge in [0.1, 0.15) is 6.54 Å². The largest absolute Gasteiger partial charge is 0.322 e. The third kappa shape index (κ3) is 7.25. The average Bonchev–Trinajstić information content (AvgIpc) is 2.80. The number of rotatable bonds is 8. The van der Waals surface area contributed by atoms with Gasteiger partial charge in [0, 0.05) is 11.3 Å². The molecule has 0 saturated heterocycles. The molecule has 0 radical (unpaired) electrons. The summed E-state index contributed by atoms with van der Waals surface area (Å²) in [6.45, 7) is 5.05. The highest BCUT2D eigenvalue weighted by molar-refractivity contribution is 7.92. The van der Waals surface area contributed by atoms with Crippen LogP contribution >= 0.6 is 0 Å². The summed E-state index contributed by atoms with van der Waals surface area (Å²) in [4.78, 5) is 24.8. The van der Waals surface area contributed by atoms with Gasteiger partial charge in [-0.05, 0) is 73.9 Å². The molecule has 0 bridgehead atoms. The molecule has 2 amide bonds. The molecule has 0 aliphatic carbocycles. The van der Waals surface area contributed by atoms with Crippen LogP contribution in [-0.2, 0) is 14.8 Å². The summed E-state index contributed by atoms with van der Waals surface area (Å²) in [7, 11) is -3.68. The Morgan fingerprint density at radius 1 is 0.886 bits per heavy atom. The van der Waals surface area contributed by atoms with E-state index in [1.807, 2.05) is 26.0 Å². The van der Waals surface area contributed by atoms with E-state index in [-0.39, 0.29) is 5.91 Å². The first kappa shape index (κ1) is 25.6. The van der Waals surface area contributed by atoms with Crippen molar-refractivity contribution in [2.24, 2.45) is 5.10 Å². The number of hydrazone groups is 1. The smallest absolute Gasteiger partial charge is 0.260 e. The Balaban J connectivity index is 1.65. The number of aryl methyl sites for hydroxylation is 2. The maximum absolute atomic E-state index is 12.5. The Kier molecular flexibility index (Phi) is 8.03. The first-order chi connectivity index (χ1) is 16.5. The van der Waals surface area contributed by atoms with Crippen LogP contribution in [0.5, 0.6) is 0 Å². The van der Waals surface area contributed by atoms with Gasteiger partial charge in [0.2, 0.25) is 10.0 Å². The molecule has 0 unspecified atom stereocenters. The summed E-state index contributed by atoms with van der Waals surface area (Å²) in [5.74, 6) is -0.782. The Labute approximate surface area is 205 Å². The first-order valence-electron chi connectivity index (χ1n) is 10.9. The van der Waals surface area contributed by atoms with Crippen LogP contribution in [0.15, 0.2) is 77.9 Å². The van der Waals surface area contributed by atoms with Gasteiger partial charge in [-0.15, -0.1) is 0 Å². The molecule has 2 N–H and O–H groups in total. The van der Waals surface area contributed by atoms with E-state index in [9.17, 15) is 18.0 Å². The van der Waals surface area contributed by atoms with Crippen molar-refractivity contribution in [1.82, 2.24) is 5.43 Å². The lowest BCUT2D eigenvalue weighted by Gasteiger charge is -2.22. The predicted molar refractivity (Wildman–Crippen MR) is 139 cm³/mol. The Hall–Kier alpha value is -3.98. The van der Waals surface area contributed by atoms with Crippen LogP contribution < -0.4 is 15.0 Å². The number of nitrogens with zero attached hydrogens (tertiary/aromatic N) is 2. The number of benzene rings is 3. The van der Waals surface area contributed by atoms with Crippen molar-refractivity contribution < 1.29 is 18.0 Å². The molecule has 182 valence electrons. The van der Waals surface area contributed by atoms with Gasteiger partial charge >= 0.3 is 0 Å². The number of hydrogen-bond donors (Lipinski definition) is 2. The van der Waals surface area contributed by atoms with E-state index in [1.54, 1.807) is 67.6 Å². The normalized spacial score (nSPS) is 11.6. The van der Waals surface area contributed by atoms with Gasteiger partial charge in [-0.1, -0.05) is 36.4 Å². The number of hydrogen-bond acceptors (Lipinski definition) is 5. The molecule has 0 aliphatic heterocycles. The van der Waals surface area contributed by atoms with Crippen molar-refractivity contribution >= 4 is 38.9 Å². The highest BCUT2D eigenvalue weighted by atomic mass is 32.2. The summed E-state index contributed by atoms with van der Waals surface area (Å²) in [6, 6.07) is 21.3. The maximum Gasteiger partial charge on any atom is 0.260 e. The fraction of sp³-hybridized carbons (Fsp3) is 0.192. The molecule has 35 heavy (non-hydrogen) atoms. The van der Waals surface area contributed by atoms with E-state index in [1.165, 1.54) is 0 Å². The van der Waals surface area contributed by atoms with E-state index in [0.29, 0.717) is 22.6 Å². The number of carbonyl (C=O) groups is 2. The molecular formula is C26H28N4O4S. The molecule has 0 aliphatic rings. The molecule has 9 heteroatoms. The number of carbonyl (C=O) groups excluding carboxylic acids is 2. The van der Waals surface area contributed by atoms with Gasteiger partial charge in [-0.2, -0.15) is 5.10 Å². The quantitative estimate of drug-likeness (QED) is 0.368. The molecule has 0 heterocycles. The molecule has 0 aromatic heterocycles. The van der Waals surface area contributed by atoms with Gasteiger partial charge in [0.25, 0.3) is 11.8 Å². The van der Waals surface area contributed by atoms with Crippen LogP contribution in [-0.4, -0.2) is 38.7 Å². The summed E-state index contributed by atoms with van der Waals surface area (Å²) < 4.78 is 25.7. The highest BCUT2D eigenvalue weighted by Gasteiger charge is 2.21. The fourth-order valence-corrected chi connectivity index (χ4v) is 4.30. The zero-order chi connectivity index (χ0) is 25.6. The number of nitrogens with one attached hydrogen (secondary N) is 2. The second-order valence-electron chi connectivity index (χ2n) is 8.25. The van der Waals surface area contributed by atoms with E-state index >= 15 is 0 Å². The lowest BCUT2D eigenvalue weighted by atomic mass is 10.1. The molecule has 3 rings (SSSR count). The van der Waals surface area contributed by atoms with E-state index in [4.69, 9.17) is 0 Å². The third-order valence-corrected chi connectivity index (χ3v) is 6.27. The van der Waals surface area contributed by atoms with Crippen molar-refractivity contribution in [3.63, 3.8) is 0 Å². The second-order valence-corrected chi connectivity index (χ2v) is 10.2. The van der Waals surface area contributed by atoms with Crippen molar-refractivity contribution in [3.8, 4) is 0 Å². The molecule has 0 saturated carbocycles. The van der Waals surface area contributed by atoms with Crippen molar-refractivity contribution in [3.05, 3.63) is 95.1 Å². The minimum absolute atomic E-state index is 0.213. The van der Waals surface area contributed by atoms with Gasteiger partial charge in [0.15, 0.2) is 0 Å². The summed E-state index contributed by atoms with van der Waals surface area (Å²) >= 11 is 0. The molecule has 0 atom stereocenters. The van der Waals surface area contributed by atoms with Crippen LogP contribution in [0, 0.1) is 13.8 Å². The van der Waals surface area contributed by atoms with Crippen molar-refractivity contribution in [2.75, 3.05) is 22.4 Å². The number of anilines is 2. The zero-order valence-corrected chi connectivity index (χ0v) is 20.9. The summed E-state index contributed by atoms with van der Waals surface area (Å²) in [6.07, 6.45) is 1.06. The van der Waals surface area contributed by atoms with Crippen LogP contribution in [0.3, 0.4) is 0 Å². The lowest BCUT2D eigenvalue weighted by Crippen LogP contribution is -2.39. The van der Waals surface area contributed by atoms with Crippen LogP contribution in [0.25, 0.3) is 0 Å². The standard InChI is InChI=1S/C26H28N4O4S/c1-18-14-19(2)16-24(15-18)30(35(4,33)34)17-25(31)29-28-20(3)21-10-12-23(13-11-21)27-26(32)22-8-6-5-7-9-22/h5-16H,17H2,1-4H3,(H,27,32)(H,29,31)/b28-20-. The molecule has 0 spiro atoms. The minimum atomic E-state index is -3.68. The van der Waals surface area contributed by atoms with E-state index < -0.39 is 22.5 Å². The molecular weight excluding hydrogens is 464 g/mol. The summed E-state index contributed by atoms with van der Waals surface area (Å²) in [5.41, 5.74) is 7.08. The van der Waals surface area contributed by atoms with Crippen LogP contribution in [0.4, 0.5) is 11.4 Å². The third-order valence-electron chi connectivity index (χ3n) is 5.13. The number of sulfonamides is 1. The Morgan fingerprint density at radius 2 is 1.49 bits per heavy atom. The first-order valence-corrected chi connectivity index (χ1v) is 12.7. The molecule has 3 aromatic rings. The van der Waals surface area contributed by atoms with Gasteiger partial charge in [-0.25, -0.2) is 13.8 Å². The van der Waals surface area contributed by atoms with Gasteiger partial charge in [-0.3, -0.25) is 13.9 Å². The molecule has 0 fully saturated rings. The predicted octanol–water partition coefficient (Wildman–Crippen LogP) is 3.86. The molecule has 3 aromatic carbocycles. The van der Waals surface area contributed by atoms with Gasteiger partial charge in [0.05, 0.1) is 17.7 Å². The lowest BCUT2D eigenvalue weighted by molar-refractivity contribution is -0.119. The molecule has 8 nitrogen and oxygen atoms in total. The van der Waals surface area contributed by atoms with Crippen molar-refractivity contribution in [1.29, 1.82) is 0 Å².